The normalized spacial score (nSPS) is 27.7. The summed E-state index contributed by atoms with van der Waals surface area (Å²) in [7, 11) is 0. The number of likely N-dealkylation sites (N-methyl/N-ethyl adjacent to an activating group) is 1. The quantitative estimate of drug-likeness (QED) is 0.770. The van der Waals surface area contributed by atoms with Crippen molar-refractivity contribution in [2.75, 3.05) is 13.1 Å². The van der Waals surface area contributed by atoms with Crippen molar-refractivity contribution in [1.29, 1.82) is 0 Å². The highest BCUT2D eigenvalue weighted by Crippen LogP contribution is 2.22. The Labute approximate surface area is 93.2 Å². The molecule has 0 aromatic carbocycles. The second-order valence-electron chi connectivity index (χ2n) is 4.71. The van der Waals surface area contributed by atoms with Gasteiger partial charge in [-0.25, -0.2) is 0 Å². The van der Waals surface area contributed by atoms with Gasteiger partial charge in [-0.15, -0.1) is 0 Å². The van der Waals surface area contributed by atoms with E-state index in [9.17, 15) is 4.79 Å². The third kappa shape index (κ3) is 2.51. The first-order chi connectivity index (χ1) is 7.05. The van der Waals surface area contributed by atoms with Crippen molar-refractivity contribution in [3.63, 3.8) is 0 Å². The minimum atomic E-state index is -0.306. The van der Waals surface area contributed by atoms with E-state index in [0.29, 0.717) is 6.04 Å². The molecular formula is C12H24N2O. The summed E-state index contributed by atoms with van der Waals surface area (Å²) >= 11 is 0. The molecule has 1 saturated heterocycles. The number of rotatable bonds is 4. The van der Waals surface area contributed by atoms with Crippen LogP contribution in [0, 0.1) is 0 Å². The van der Waals surface area contributed by atoms with Gasteiger partial charge in [-0.05, 0) is 46.6 Å². The molecule has 0 aromatic heterocycles. The summed E-state index contributed by atoms with van der Waals surface area (Å²) in [6, 6.07) is 0.349. The Morgan fingerprint density at radius 1 is 1.53 bits per heavy atom. The molecule has 1 rings (SSSR count). The summed E-state index contributed by atoms with van der Waals surface area (Å²) in [5.41, 5.74) is -0.306. The van der Waals surface area contributed by atoms with Crippen molar-refractivity contribution in [2.24, 2.45) is 0 Å². The zero-order valence-electron chi connectivity index (χ0n) is 10.5. The number of carbonyl (C=O) groups excluding carboxylic acids is 1. The number of carbonyl (C=O) groups is 1. The number of nitrogens with zero attached hydrogens (tertiary/aromatic N) is 1. The van der Waals surface area contributed by atoms with E-state index >= 15 is 0 Å². The molecule has 1 heterocycles. The van der Waals surface area contributed by atoms with Gasteiger partial charge in [0.2, 0.25) is 5.91 Å². The van der Waals surface area contributed by atoms with Crippen molar-refractivity contribution >= 4 is 5.91 Å². The van der Waals surface area contributed by atoms with E-state index in [1.165, 1.54) is 0 Å². The van der Waals surface area contributed by atoms with Gasteiger partial charge >= 0.3 is 0 Å². The van der Waals surface area contributed by atoms with E-state index in [0.717, 1.165) is 32.4 Å². The Morgan fingerprint density at radius 3 is 2.60 bits per heavy atom. The van der Waals surface area contributed by atoms with Crippen LogP contribution in [0.3, 0.4) is 0 Å². The molecule has 1 amide bonds. The lowest BCUT2D eigenvalue weighted by molar-refractivity contribution is -0.139. The first-order valence-electron chi connectivity index (χ1n) is 6.11. The summed E-state index contributed by atoms with van der Waals surface area (Å²) in [5.74, 6) is 0.275. The predicted octanol–water partition coefficient (Wildman–Crippen LogP) is 1.78. The Morgan fingerprint density at radius 2 is 2.20 bits per heavy atom. The second kappa shape index (κ2) is 4.97. The van der Waals surface area contributed by atoms with Gasteiger partial charge < -0.3 is 10.2 Å². The Balaban J connectivity index is 2.71. The van der Waals surface area contributed by atoms with Crippen LogP contribution in [0.25, 0.3) is 0 Å². The molecule has 1 aliphatic rings. The minimum Gasteiger partial charge on any atom is -0.339 e. The molecule has 3 heteroatoms. The highest BCUT2D eigenvalue weighted by molar-refractivity contribution is 5.86. The molecule has 0 spiro atoms. The second-order valence-corrected chi connectivity index (χ2v) is 4.71. The smallest absolute Gasteiger partial charge is 0.242 e. The van der Waals surface area contributed by atoms with E-state index in [2.05, 4.69) is 26.1 Å². The highest BCUT2D eigenvalue weighted by Gasteiger charge is 2.39. The number of hydrogen-bond donors (Lipinski definition) is 1. The van der Waals surface area contributed by atoms with Gasteiger partial charge in [0.15, 0.2) is 0 Å². The fraction of sp³-hybridized carbons (Fsp3) is 0.917. The van der Waals surface area contributed by atoms with Crippen LogP contribution >= 0.6 is 0 Å². The predicted molar refractivity (Wildman–Crippen MR) is 62.8 cm³/mol. The lowest BCUT2D eigenvalue weighted by atomic mass is 9.97. The molecule has 15 heavy (non-hydrogen) atoms. The van der Waals surface area contributed by atoms with Crippen molar-refractivity contribution in [3.8, 4) is 0 Å². The molecule has 88 valence electrons. The molecule has 2 atom stereocenters. The minimum absolute atomic E-state index is 0.275. The fourth-order valence-electron chi connectivity index (χ4n) is 2.27. The van der Waals surface area contributed by atoms with Gasteiger partial charge in [-0.3, -0.25) is 4.79 Å². The van der Waals surface area contributed by atoms with Crippen LogP contribution in [-0.4, -0.2) is 35.5 Å². The lowest BCUT2D eigenvalue weighted by Crippen LogP contribution is -2.55. The molecule has 1 fully saturated rings. The first-order valence-corrected chi connectivity index (χ1v) is 6.11. The summed E-state index contributed by atoms with van der Waals surface area (Å²) in [6.07, 6.45) is 3.11. The molecule has 2 unspecified atom stereocenters. The van der Waals surface area contributed by atoms with Gasteiger partial charge in [0.25, 0.3) is 0 Å². The van der Waals surface area contributed by atoms with Crippen molar-refractivity contribution < 1.29 is 4.79 Å². The van der Waals surface area contributed by atoms with Crippen LogP contribution in [0.15, 0.2) is 0 Å². The first kappa shape index (κ1) is 12.5. The lowest BCUT2D eigenvalue weighted by Gasteiger charge is -2.35. The van der Waals surface area contributed by atoms with E-state index in [-0.39, 0.29) is 11.4 Å². The van der Waals surface area contributed by atoms with Crippen LogP contribution in [0.1, 0.15) is 47.0 Å². The number of nitrogens with one attached hydrogen (secondary N) is 1. The van der Waals surface area contributed by atoms with Crippen molar-refractivity contribution in [3.05, 3.63) is 0 Å². The largest absolute Gasteiger partial charge is 0.339 e. The highest BCUT2D eigenvalue weighted by atomic mass is 16.2. The third-order valence-electron chi connectivity index (χ3n) is 3.57. The van der Waals surface area contributed by atoms with E-state index in [1.54, 1.807) is 0 Å². The maximum Gasteiger partial charge on any atom is 0.242 e. The molecule has 0 radical (unpaired) electrons. The summed E-state index contributed by atoms with van der Waals surface area (Å²) < 4.78 is 0. The van der Waals surface area contributed by atoms with E-state index < -0.39 is 0 Å². The van der Waals surface area contributed by atoms with Crippen LogP contribution in [0.2, 0.25) is 0 Å². The van der Waals surface area contributed by atoms with Crippen LogP contribution < -0.4 is 5.32 Å². The fourth-order valence-corrected chi connectivity index (χ4v) is 2.27. The van der Waals surface area contributed by atoms with Crippen molar-refractivity contribution in [2.45, 2.75) is 58.5 Å². The van der Waals surface area contributed by atoms with E-state index in [4.69, 9.17) is 0 Å². The SMILES string of the molecule is CCC(C)N(CC)C(=O)C1(C)CCCN1. The Bertz CT molecular complexity index is 222. The zero-order valence-corrected chi connectivity index (χ0v) is 10.5. The maximum atomic E-state index is 12.4. The Kier molecular flexibility index (Phi) is 4.14. The van der Waals surface area contributed by atoms with Crippen LogP contribution in [0.4, 0.5) is 0 Å². The van der Waals surface area contributed by atoms with E-state index in [1.807, 2.05) is 11.8 Å². The summed E-state index contributed by atoms with van der Waals surface area (Å²) in [6.45, 7) is 10.1. The van der Waals surface area contributed by atoms with Crippen LogP contribution in [0.5, 0.6) is 0 Å². The van der Waals surface area contributed by atoms with Gasteiger partial charge in [-0.1, -0.05) is 6.92 Å². The zero-order chi connectivity index (χ0) is 11.5. The third-order valence-corrected chi connectivity index (χ3v) is 3.57. The molecule has 3 nitrogen and oxygen atoms in total. The number of hydrogen-bond acceptors (Lipinski definition) is 2. The standard InChI is InChI=1S/C12H24N2O/c1-5-10(3)14(6-2)11(15)12(4)8-7-9-13-12/h10,13H,5-9H2,1-4H3. The number of amides is 1. The molecule has 0 saturated carbocycles. The van der Waals surface area contributed by atoms with Gasteiger partial charge in [0.05, 0.1) is 5.54 Å². The van der Waals surface area contributed by atoms with Gasteiger partial charge in [-0.2, -0.15) is 0 Å². The monoisotopic (exact) mass is 212 g/mol. The topological polar surface area (TPSA) is 32.3 Å². The molecule has 0 bridgehead atoms. The maximum absolute atomic E-state index is 12.4. The molecule has 0 aromatic rings. The molecular weight excluding hydrogens is 188 g/mol. The van der Waals surface area contributed by atoms with Crippen molar-refractivity contribution in [1.82, 2.24) is 10.2 Å². The van der Waals surface area contributed by atoms with Gasteiger partial charge in [0, 0.05) is 12.6 Å². The molecule has 1 aliphatic heterocycles. The molecule has 0 aliphatic carbocycles. The van der Waals surface area contributed by atoms with Crippen LogP contribution in [-0.2, 0) is 4.79 Å². The average molecular weight is 212 g/mol. The molecule has 1 N–H and O–H groups in total. The van der Waals surface area contributed by atoms with Gasteiger partial charge in [0.1, 0.15) is 0 Å². The summed E-state index contributed by atoms with van der Waals surface area (Å²) in [5, 5.41) is 3.34. The average Bonchev–Trinajstić information content (AvgIpc) is 2.67. The Hall–Kier alpha value is -0.570. The summed E-state index contributed by atoms with van der Waals surface area (Å²) in [4.78, 5) is 14.4.